The molecule has 0 bridgehead atoms. The van der Waals surface area contributed by atoms with Crippen molar-refractivity contribution in [1.82, 2.24) is 29.2 Å². The Morgan fingerprint density at radius 1 is 1.00 bits per heavy atom. The van der Waals surface area contributed by atoms with Gasteiger partial charge in [0.05, 0.1) is 25.5 Å². The molecule has 0 N–H and O–H groups in total. The summed E-state index contributed by atoms with van der Waals surface area (Å²) < 4.78 is 7.23. The summed E-state index contributed by atoms with van der Waals surface area (Å²) in [7, 11) is 1.62. The van der Waals surface area contributed by atoms with Crippen molar-refractivity contribution in [2.75, 3.05) is 38.2 Å². The monoisotopic (exact) mass is 407 g/mol. The lowest BCUT2D eigenvalue weighted by Crippen LogP contribution is -2.46. The average Bonchev–Trinajstić information content (AvgIpc) is 3.44. The van der Waals surface area contributed by atoms with Crippen molar-refractivity contribution in [2.24, 2.45) is 0 Å². The molecule has 29 heavy (non-hydrogen) atoms. The van der Waals surface area contributed by atoms with Gasteiger partial charge in [0.1, 0.15) is 5.01 Å². The van der Waals surface area contributed by atoms with E-state index < -0.39 is 0 Å². The van der Waals surface area contributed by atoms with Crippen LogP contribution in [-0.4, -0.2) is 62.5 Å². The molecular weight excluding hydrogens is 386 g/mol. The third-order valence-corrected chi connectivity index (χ3v) is 5.93. The second-order valence-corrected chi connectivity index (χ2v) is 7.85. The van der Waals surface area contributed by atoms with E-state index in [2.05, 4.69) is 34.1 Å². The van der Waals surface area contributed by atoms with Gasteiger partial charge in [0.2, 0.25) is 5.88 Å². The minimum Gasteiger partial charge on any atom is -0.481 e. The van der Waals surface area contributed by atoms with Crippen LogP contribution in [0.5, 0.6) is 5.88 Å². The number of ether oxygens (including phenoxy) is 1. The zero-order valence-electron chi connectivity index (χ0n) is 16.1. The van der Waals surface area contributed by atoms with Crippen molar-refractivity contribution in [3.63, 3.8) is 0 Å². The van der Waals surface area contributed by atoms with Gasteiger partial charge in [0.25, 0.3) is 0 Å². The van der Waals surface area contributed by atoms with E-state index in [9.17, 15) is 0 Å². The van der Waals surface area contributed by atoms with E-state index in [0.29, 0.717) is 5.88 Å². The number of hydrogen-bond acceptors (Lipinski definition) is 8. The van der Waals surface area contributed by atoms with Crippen LogP contribution in [0.4, 0.5) is 5.82 Å². The third kappa shape index (κ3) is 3.54. The Morgan fingerprint density at radius 2 is 1.90 bits per heavy atom. The molecule has 4 aromatic rings. The standard InChI is InChI=1S/C20H21N7OS/c1-28-17-3-2-15(12-23-17)16-13-24-20-19(22-4-6-27(16)20)26-9-7-25(8-10-26)14-18-21-5-11-29-18/h2-6,11-13H,7-10,14H2,1H3. The van der Waals surface area contributed by atoms with E-state index in [4.69, 9.17) is 4.74 Å². The van der Waals surface area contributed by atoms with Crippen LogP contribution < -0.4 is 9.64 Å². The van der Waals surface area contributed by atoms with Gasteiger partial charge in [0, 0.05) is 68.0 Å². The van der Waals surface area contributed by atoms with Crippen molar-refractivity contribution >= 4 is 22.8 Å². The zero-order valence-corrected chi connectivity index (χ0v) is 16.9. The topological polar surface area (TPSA) is 71.7 Å². The summed E-state index contributed by atoms with van der Waals surface area (Å²) in [6.07, 6.45) is 9.34. The minimum absolute atomic E-state index is 0.598. The van der Waals surface area contributed by atoms with E-state index >= 15 is 0 Å². The van der Waals surface area contributed by atoms with Crippen LogP contribution in [0.1, 0.15) is 5.01 Å². The Morgan fingerprint density at radius 3 is 2.62 bits per heavy atom. The number of rotatable bonds is 5. The van der Waals surface area contributed by atoms with E-state index in [-0.39, 0.29) is 0 Å². The first kappa shape index (κ1) is 18.0. The molecule has 4 aromatic heterocycles. The highest BCUT2D eigenvalue weighted by Crippen LogP contribution is 2.26. The predicted molar refractivity (Wildman–Crippen MR) is 112 cm³/mol. The number of thiazole rings is 1. The van der Waals surface area contributed by atoms with E-state index in [1.807, 2.05) is 42.3 Å². The first-order valence-corrected chi connectivity index (χ1v) is 10.4. The third-order valence-electron chi connectivity index (χ3n) is 5.16. The Kier molecular flexibility index (Phi) is 4.82. The van der Waals surface area contributed by atoms with Gasteiger partial charge < -0.3 is 9.64 Å². The van der Waals surface area contributed by atoms with E-state index in [0.717, 1.165) is 55.4 Å². The van der Waals surface area contributed by atoms with Gasteiger partial charge in [0.15, 0.2) is 11.5 Å². The first-order valence-electron chi connectivity index (χ1n) is 9.50. The molecule has 5 heterocycles. The molecule has 0 radical (unpaired) electrons. The van der Waals surface area contributed by atoms with Gasteiger partial charge in [-0.15, -0.1) is 11.3 Å². The highest BCUT2D eigenvalue weighted by Gasteiger charge is 2.22. The second kappa shape index (κ2) is 7.76. The number of fused-ring (bicyclic) bond motifs is 1. The number of pyridine rings is 1. The maximum atomic E-state index is 5.16. The Bertz CT molecular complexity index is 1090. The lowest BCUT2D eigenvalue weighted by molar-refractivity contribution is 0.249. The van der Waals surface area contributed by atoms with Crippen LogP contribution in [0.25, 0.3) is 16.9 Å². The van der Waals surface area contributed by atoms with Gasteiger partial charge in [-0.1, -0.05) is 0 Å². The smallest absolute Gasteiger partial charge is 0.212 e. The van der Waals surface area contributed by atoms with Crippen molar-refractivity contribution in [2.45, 2.75) is 6.54 Å². The molecule has 1 fully saturated rings. The summed E-state index contributed by atoms with van der Waals surface area (Å²) in [5.74, 6) is 1.52. The van der Waals surface area contributed by atoms with Crippen molar-refractivity contribution < 1.29 is 4.74 Å². The summed E-state index contributed by atoms with van der Waals surface area (Å²) in [5.41, 5.74) is 2.84. The van der Waals surface area contributed by atoms with Gasteiger partial charge in [-0.2, -0.15) is 0 Å². The summed E-state index contributed by atoms with van der Waals surface area (Å²) in [5, 5.41) is 3.20. The molecule has 5 rings (SSSR count). The summed E-state index contributed by atoms with van der Waals surface area (Å²) >= 11 is 1.71. The highest BCUT2D eigenvalue weighted by atomic mass is 32.1. The molecule has 148 valence electrons. The van der Waals surface area contributed by atoms with Gasteiger partial charge in [-0.05, 0) is 6.07 Å². The molecule has 0 aliphatic carbocycles. The highest BCUT2D eigenvalue weighted by molar-refractivity contribution is 7.09. The van der Waals surface area contributed by atoms with Gasteiger partial charge in [-0.3, -0.25) is 9.30 Å². The summed E-state index contributed by atoms with van der Waals surface area (Å²) in [6.45, 7) is 4.73. The van der Waals surface area contributed by atoms with Crippen molar-refractivity contribution in [1.29, 1.82) is 0 Å². The van der Waals surface area contributed by atoms with E-state index in [1.165, 1.54) is 5.01 Å². The number of methoxy groups -OCH3 is 1. The Labute approximate surface area is 172 Å². The number of piperazine rings is 1. The maximum absolute atomic E-state index is 5.16. The lowest BCUT2D eigenvalue weighted by Gasteiger charge is -2.34. The maximum Gasteiger partial charge on any atom is 0.212 e. The summed E-state index contributed by atoms with van der Waals surface area (Å²) in [6, 6.07) is 3.85. The quantitative estimate of drug-likeness (QED) is 0.503. The molecule has 0 atom stereocenters. The molecular formula is C20H21N7OS. The molecule has 8 nitrogen and oxygen atoms in total. The number of hydrogen-bond donors (Lipinski definition) is 0. The molecule has 1 aliphatic rings. The van der Waals surface area contributed by atoms with Crippen molar-refractivity contribution in [3.8, 4) is 17.1 Å². The van der Waals surface area contributed by atoms with Crippen molar-refractivity contribution in [3.05, 3.63) is 53.5 Å². The van der Waals surface area contributed by atoms with Crippen LogP contribution in [0.15, 0.2) is 48.5 Å². The molecule has 0 saturated carbocycles. The van der Waals surface area contributed by atoms with Crippen LogP contribution in [0.2, 0.25) is 0 Å². The minimum atomic E-state index is 0.598. The molecule has 0 aromatic carbocycles. The fraction of sp³-hybridized carbons (Fsp3) is 0.300. The van der Waals surface area contributed by atoms with Crippen LogP contribution in [0, 0.1) is 0 Å². The zero-order chi connectivity index (χ0) is 19.6. The lowest BCUT2D eigenvalue weighted by atomic mass is 10.2. The number of imidazole rings is 1. The van der Waals surface area contributed by atoms with Crippen LogP contribution in [-0.2, 0) is 6.54 Å². The molecule has 0 unspecified atom stereocenters. The molecule has 1 aliphatic heterocycles. The summed E-state index contributed by atoms with van der Waals surface area (Å²) in [4.78, 5) is 22.8. The SMILES string of the molecule is COc1ccc(-c2cnc3c(N4CCN(Cc5nccs5)CC4)nccn23)cn1. The fourth-order valence-electron chi connectivity index (χ4n) is 3.63. The second-order valence-electron chi connectivity index (χ2n) is 6.87. The normalized spacial score (nSPS) is 15.1. The largest absolute Gasteiger partial charge is 0.481 e. The number of aromatic nitrogens is 5. The Balaban J connectivity index is 1.36. The predicted octanol–water partition coefficient (Wildman–Crippen LogP) is 2.58. The first-order chi connectivity index (χ1) is 14.3. The van der Waals surface area contributed by atoms with E-state index in [1.54, 1.807) is 24.6 Å². The van der Waals surface area contributed by atoms with Crippen LogP contribution in [0.3, 0.4) is 0 Å². The fourth-order valence-corrected chi connectivity index (χ4v) is 4.29. The average molecular weight is 408 g/mol. The molecule has 0 spiro atoms. The number of nitrogens with zero attached hydrogens (tertiary/aromatic N) is 7. The molecule has 0 amide bonds. The Hall–Kier alpha value is -3.04. The van der Waals surface area contributed by atoms with Crippen LogP contribution >= 0.6 is 11.3 Å². The number of anilines is 1. The van der Waals surface area contributed by atoms with Gasteiger partial charge >= 0.3 is 0 Å². The molecule has 1 saturated heterocycles. The molecule has 9 heteroatoms. The van der Waals surface area contributed by atoms with Gasteiger partial charge in [-0.25, -0.2) is 19.9 Å².